The average Bonchev–Trinajstić information content (AvgIpc) is 2.90. The van der Waals surface area contributed by atoms with Crippen LogP contribution in [0, 0.1) is 0 Å². The molecular formula is C13H16N2O3. The molecule has 0 spiro atoms. The Hall–Kier alpha value is -2.04. The molecule has 0 aromatic heterocycles. The van der Waals surface area contributed by atoms with E-state index in [0.29, 0.717) is 5.56 Å². The van der Waals surface area contributed by atoms with Gasteiger partial charge in [0.25, 0.3) is 5.91 Å². The van der Waals surface area contributed by atoms with E-state index in [1.807, 2.05) is 12.1 Å². The van der Waals surface area contributed by atoms with Gasteiger partial charge in [0.2, 0.25) is 0 Å². The lowest BCUT2D eigenvalue weighted by atomic mass is 10.2. The summed E-state index contributed by atoms with van der Waals surface area (Å²) in [6.45, 7) is 1.77. The van der Waals surface area contributed by atoms with E-state index in [2.05, 4.69) is 10.2 Å². The van der Waals surface area contributed by atoms with E-state index in [0.717, 1.165) is 18.8 Å². The average molecular weight is 248 g/mol. The van der Waals surface area contributed by atoms with Crippen LogP contribution in [0.5, 0.6) is 0 Å². The fourth-order valence-electron chi connectivity index (χ4n) is 2.06. The van der Waals surface area contributed by atoms with Crippen molar-refractivity contribution < 1.29 is 14.7 Å². The van der Waals surface area contributed by atoms with Gasteiger partial charge in [-0.05, 0) is 37.1 Å². The zero-order valence-electron chi connectivity index (χ0n) is 10.1. The second kappa shape index (κ2) is 5.53. The molecule has 0 saturated carbocycles. The molecule has 0 aliphatic carbocycles. The number of carbonyl (C=O) groups is 2. The Bertz CT molecular complexity index is 436. The minimum absolute atomic E-state index is 0.354. The number of carbonyl (C=O) groups excluding carboxylic acids is 1. The largest absolute Gasteiger partial charge is 0.480 e. The van der Waals surface area contributed by atoms with E-state index in [1.54, 1.807) is 12.1 Å². The Morgan fingerprint density at radius 3 is 2.33 bits per heavy atom. The second-order valence-electron chi connectivity index (χ2n) is 4.32. The quantitative estimate of drug-likeness (QED) is 0.837. The topological polar surface area (TPSA) is 69.6 Å². The predicted molar refractivity (Wildman–Crippen MR) is 67.9 cm³/mol. The third-order valence-electron chi connectivity index (χ3n) is 3.00. The second-order valence-corrected chi connectivity index (χ2v) is 4.32. The van der Waals surface area contributed by atoms with Crippen LogP contribution in [-0.2, 0) is 4.79 Å². The van der Waals surface area contributed by atoms with Crippen molar-refractivity contribution in [3.05, 3.63) is 29.8 Å². The predicted octanol–water partition coefficient (Wildman–Crippen LogP) is 1.10. The van der Waals surface area contributed by atoms with Crippen LogP contribution in [0.1, 0.15) is 23.2 Å². The van der Waals surface area contributed by atoms with E-state index >= 15 is 0 Å². The lowest BCUT2D eigenvalue weighted by Gasteiger charge is -2.17. The summed E-state index contributed by atoms with van der Waals surface area (Å²) in [6, 6.07) is 7.26. The number of carboxylic acids is 1. The van der Waals surface area contributed by atoms with Gasteiger partial charge in [0.15, 0.2) is 0 Å². The van der Waals surface area contributed by atoms with Gasteiger partial charge in [0, 0.05) is 24.3 Å². The smallest absolute Gasteiger partial charge is 0.322 e. The van der Waals surface area contributed by atoms with Gasteiger partial charge < -0.3 is 15.3 Å². The number of nitrogens with one attached hydrogen (secondary N) is 1. The number of hydrogen-bond acceptors (Lipinski definition) is 3. The molecule has 1 aromatic carbocycles. The van der Waals surface area contributed by atoms with E-state index in [1.165, 1.54) is 12.8 Å². The minimum atomic E-state index is -1.04. The van der Waals surface area contributed by atoms with Gasteiger partial charge in [-0.25, -0.2) is 0 Å². The molecule has 96 valence electrons. The lowest BCUT2D eigenvalue weighted by Crippen LogP contribution is -2.29. The molecule has 0 unspecified atom stereocenters. The molecule has 5 heteroatoms. The zero-order chi connectivity index (χ0) is 13.0. The molecule has 0 bridgehead atoms. The van der Waals surface area contributed by atoms with Gasteiger partial charge in [-0.3, -0.25) is 9.59 Å². The highest BCUT2D eigenvalue weighted by Crippen LogP contribution is 2.20. The van der Waals surface area contributed by atoms with Gasteiger partial charge in [0.1, 0.15) is 6.54 Å². The fourth-order valence-corrected chi connectivity index (χ4v) is 2.06. The molecule has 0 atom stereocenters. The maximum atomic E-state index is 11.6. The van der Waals surface area contributed by atoms with Crippen LogP contribution in [-0.4, -0.2) is 36.6 Å². The van der Waals surface area contributed by atoms with E-state index in [9.17, 15) is 9.59 Å². The van der Waals surface area contributed by atoms with Crippen LogP contribution in [0.25, 0.3) is 0 Å². The van der Waals surface area contributed by atoms with Crippen molar-refractivity contribution in [1.82, 2.24) is 5.32 Å². The van der Waals surface area contributed by atoms with Crippen molar-refractivity contribution in [2.45, 2.75) is 12.8 Å². The monoisotopic (exact) mass is 248 g/mol. The number of amides is 1. The normalized spacial score (nSPS) is 14.6. The number of nitrogens with zero attached hydrogens (tertiary/aromatic N) is 1. The standard InChI is InChI=1S/C13H16N2O3/c16-12(17)9-14-13(18)10-3-5-11(6-4-10)15-7-1-2-8-15/h3-6H,1-2,7-9H2,(H,14,18)(H,16,17). The third-order valence-corrected chi connectivity index (χ3v) is 3.00. The number of hydrogen-bond donors (Lipinski definition) is 2. The number of carboxylic acid groups (broad SMARTS) is 1. The van der Waals surface area contributed by atoms with Crippen molar-refractivity contribution >= 4 is 17.6 Å². The first-order valence-electron chi connectivity index (χ1n) is 6.02. The Morgan fingerprint density at radius 1 is 1.17 bits per heavy atom. The summed E-state index contributed by atoms with van der Waals surface area (Å²) in [5, 5.41) is 10.8. The van der Waals surface area contributed by atoms with Crippen molar-refractivity contribution in [1.29, 1.82) is 0 Å². The van der Waals surface area contributed by atoms with Gasteiger partial charge >= 0.3 is 5.97 Å². The molecule has 1 aromatic rings. The van der Waals surface area contributed by atoms with Gasteiger partial charge in [-0.15, -0.1) is 0 Å². The zero-order valence-corrected chi connectivity index (χ0v) is 10.1. The van der Waals surface area contributed by atoms with Gasteiger partial charge in [-0.2, -0.15) is 0 Å². The van der Waals surface area contributed by atoms with Crippen molar-refractivity contribution in [3.8, 4) is 0 Å². The van der Waals surface area contributed by atoms with Crippen molar-refractivity contribution in [3.63, 3.8) is 0 Å². The highest BCUT2D eigenvalue weighted by Gasteiger charge is 2.13. The Labute approximate surface area is 105 Å². The number of benzene rings is 1. The Kier molecular flexibility index (Phi) is 3.82. The summed E-state index contributed by atoms with van der Waals surface area (Å²) in [6.07, 6.45) is 2.42. The highest BCUT2D eigenvalue weighted by atomic mass is 16.4. The molecule has 5 nitrogen and oxygen atoms in total. The summed E-state index contributed by atoms with van der Waals surface area (Å²) < 4.78 is 0. The molecular weight excluding hydrogens is 232 g/mol. The highest BCUT2D eigenvalue weighted by molar-refractivity contribution is 5.96. The molecule has 1 aliphatic rings. The summed E-state index contributed by atoms with van der Waals surface area (Å²) >= 11 is 0. The van der Waals surface area contributed by atoms with E-state index in [4.69, 9.17) is 5.11 Å². The van der Waals surface area contributed by atoms with E-state index < -0.39 is 5.97 Å². The molecule has 18 heavy (non-hydrogen) atoms. The maximum absolute atomic E-state index is 11.6. The lowest BCUT2D eigenvalue weighted by molar-refractivity contribution is -0.135. The minimum Gasteiger partial charge on any atom is -0.480 e. The van der Waals surface area contributed by atoms with Gasteiger partial charge in [0.05, 0.1) is 0 Å². The molecule has 1 aliphatic heterocycles. The first kappa shape index (κ1) is 12.4. The first-order chi connectivity index (χ1) is 8.66. The van der Waals surface area contributed by atoms with Crippen LogP contribution in [0.15, 0.2) is 24.3 Å². The molecule has 1 amide bonds. The van der Waals surface area contributed by atoms with Crippen LogP contribution in [0.3, 0.4) is 0 Å². The van der Waals surface area contributed by atoms with Crippen LogP contribution in [0.2, 0.25) is 0 Å². The van der Waals surface area contributed by atoms with Gasteiger partial charge in [-0.1, -0.05) is 0 Å². The maximum Gasteiger partial charge on any atom is 0.322 e. The van der Waals surface area contributed by atoms with E-state index in [-0.39, 0.29) is 12.5 Å². The number of anilines is 1. The summed E-state index contributed by atoms with van der Waals surface area (Å²) in [5.74, 6) is -1.40. The molecule has 0 radical (unpaired) electrons. The molecule has 1 heterocycles. The van der Waals surface area contributed by atoms with Crippen molar-refractivity contribution in [2.75, 3.05) is 24.5 Å². The van der Waals surface area contributed by atoms with Crippen LogP contribution < -0.4 is 10.2 Å². The molecule has 1 saturated heterocycles. The summed E-state index contributed by atoms with van der Waals surface area (Å²) in [5.41, 5.74) is 1.60. The third kappa shape index (κ3) is 3.00. The summed E-state index contributed by atoms with van der Waals surface area (Å²) in [7, 11) is 0. The molecule has 1 fully saturated rings. The fraction of sp³-hybridized carbons (Fsp3) is 0.385. The van der Waals surface area contributed by atoms with Crippen LogP contribution >= 0.6 is 0 Å². The Morgan fingerprint density at radius 2 is 1.78 bits per heavy atom. The van der Waals surface area contributed by atoms with Crippen LogP contribution in [0.4, 0.5) is 5.69 Å². The summed E-state index contributed by atoms with van der Waals surface area (Å²) in [4.78, 5) is 24.2. The van der Waals surface area contributed by atoms with Crippen molar-refractivity contribution in [2.24, 2.45) is 0 Å². The molecule has 2 N–H and O–H groups in total. The number of rotatable bonds is 4. The first-order valence-corrected chi connectivity index (χ1v) is 6.02. The molecule has 2 rings (SSSR count). The Balaban J connectivity index is 1.98. The number of aliphatic carboxylic acids is 1. The SMILES string of the molecule is O=C(O)CNC(=O)c1ccc(N2CCCC2)cc1.